The van der Waals surface area contributed by atoms with Gasteiger partial charge in [0.25, 0.3) is 0 Å². The second-order valence-corrected chi connectivity index (χ2v) is 2.61. The summed E-state index contributed by atoms with van der Waals surface area (Å²) in [4.78, 5) is 16.7. The summed E-state index contributed by atoms with van der Waals surface area (Å²) >= 11 is 5.15. The molecule has 0 radical (unpaired) electrons. The highest BCUT2D eigenvalue weighted by Crippen LogP contribution is 2.26. The predicted octanol–water partition coefficient (Wildman–Crippen LogP) is 1.79. The molecule has 0 fully saturated rings. The van der Waals surface area contributed by atoms with E-state index in [1.165, 1.54) is 0 Å². The third kappa shape index (κ3) is 1.87. The summed E-state index contributed by atoms with van der Waals surface area (Å²) in [5.41, 5.74) is 0. The first-order valence-electron chi connectivity index (χ1n) is 2.42. The first kappa shape index (κ1) is 7.93. The average molecular weight is 187 g/mol. The standard InChI is InChI=1S/C4HN3O2S2/c8-7(9)3-1-5-4(11-3)6-2-10/h1H. The molecule has 5 nitrogen and oxygen atoms in total. The van der Waals surface area contributed by atoms with E-state index >= 15 is 0 Å². The highest BCUT2D eigenvalue weighted by atomic mass is 32.1. The van der Waals surface area contributed by atoms with Gasteiger partial charge in [0, 0.05) is 0 Å². The summed E-state index contributed by atoms with van der Waals surface area (Å²) in [5, 5.41) is 12.4. The number of rotatable bonds is 2. The monoisotopic (exact) mass is 187 g/mol. The van der Waals surface area contributed by atoms with Gasteiger partial charge in [-0.25, -0.2) is 4.98 Å². The van der Waals surface area contributed by atoms with E-state index < -0.39 is 4.92 Å². The third-order valence-electron chi connectivity index (χ3n) is 0.803. The summed E-state index contributed by atoms with van der Waals surface area (Å²) < 4.78 is 0. The van der Waals surface area contributed by atoms with E-state index in [9.17, 15) is 10.1 Å². The zero-order chi connectivity index (χ0) is 8.27. The van der Waals surface area contributed by atoms with Gasteiger partial charge in [-0.1, -0.05) is 0 Å². The number of thiazole rings is 1. The maximum Gasteiger partial charge on any atom is 0.345 e. The Morgan fingerprint density at radius 2 is 2.64 bits per heavy atom. The Labute approximate surface area is 70.6 Å². The zero-order valence-electron chi connectivity index (χ0n) is 5.05. The van der Waals surface area contributed by atoms with E-state index in [-0.39, 0.29) is 10.1 Å². The molecule has 1 rings (SSSR count). The van der Waals surface area contributed by atoms with E-state index in [0.29, 0.717) is 0 Å². The van der Waals surface area contributed by atoms with Crippen molar-refractivity contribution in [2.24, 2.45) is 4.99 Å². The fraction of sp³-hybridized carbons (Fsp3) is 0. The van der Waals surface area contributed by atoms with Gasteiger partial charge in [-0.15, -0.1) is 0 Å². The minimum Gasteiger partial charge on any atom is -0.257 e. The van der Waals surface area contributed by atoms with Crippen molar-refractivity contribution in [1.82, 2.24) is 4.98 Å². The SMILES string of the molecule is O=[N+]([O-])c1cnc(N=C=S)s1. The van der Waals surface area contributed by atoms with Crippen molar-refractivity contribution in [1.29, 1.82) is 0 Å². The fourth-order valence-electron chi connectivity index (χ4n) is 0.432. The molecule has 0 saturated heterocycles. The predicted molar refractivity (Wildman–Crippen MR) is 43.5 cm³/mol. The van der Waals surface area contributed by atoms with E-state index in [1.807, 2.05) is 0 Å². The lowest BCUT2D eigenvalue weighted by molar-refractivity contribution is -0.380. The topological polar surface area (TPSA) is 68.4 Å². The summed E-state index contributed by atoms with van der Waals surface area (Å²) in [6.07, 6.45) is 1.14. The number of thiocarbonyl (C=S) groups is 1. The molecule has 1 aromatic heterocycles. The number of aliphatic imine (C=N–C) groups is 1. The number of isothiocyanates is 1. The van der Waals surface area contributed by atoms with Crippen LogP contribution in [0.5, 0.6) is 0 Å². The Kier molecular flexibility index (Phi) is 2.37. The van der Waals surface area contributed by atoms with Crippen LogP contribution in [0.3, 0.4) is 0 Å². The molecule has 7 heteroatoms. The number of nitrogens with zero attached hydrogens (tertiary/aromatic N) is 3. The van der Waals surface area contributed by atoms with Gasteiger partial charge < -0.3 is 0 Å². The molecule has 0 spiro atoms. The molecule has 0 aliphatic carbocycles. The highest BCUT2D eigenvalue weighted by Gasteiger charge is 2.09. The van der Waals surface area contributed by atoms with Crippen LogP contribution in [0.2, 0.25) is 0 Å². The first-order chi connectivity index (χ1) is 5.24. The maximum atomic E-state index is 10.1. The van der Waals surface area contributed by atoms with Crippen LogP contribution >= 0.6 is 23.6 Å². The van der Waals surface area contributed by atoms with Gasteiger partial charge in [-0.3, -0.25) is 10.1 Å². The van der Waals surface area contributed by atoms with Gasteiger partial charge in [0.05, 0.1) is 10.1 Å². The molecule has 0 N–H and O–H groups in total. The van der Waals surface area contributed by atoms with Crippen LogP contribution in [0.1, 0.15) is 0 Å². The highest BCUT2D eigenvalue weighted by molar-refractivity contribution is 7.78. The second kappa shape index (κ2) is 3.29. The van der Waals surface area contributed by atoms with Crippen molar-refractivity contribution in [3.63, 3.8) is 0 Å². The quantitative estimate of drug-likeness (QED) is 0.306. The summed E-state index contributed by atoms with van der Waals surface area (Å²) in [6, 6.07) is 0. The van der Waals surface area contributed by atoms with Crippen LogP contribution in [0.4, 0.5) is 10.1 Å². The molecule has 0 amide bonds. The normalized spacial score (nSPS) is 8.73. The van der Waals surface area contributed by atoms with E-state index in [1.54, 1.807) is 0 Å². The van der Waals surface area contributed by atoms with Crippen molar-refractivity contribution in [2.45, 2.75) is 0 Å². The van der Waals surface area contributed by atoms with E-state index in [4.69, 9.17) is 0 Å². The van der Waals surface area contributed by atoms with Crippen molar-refractivity contribution in [3.8, 4) is 0 Å². The average Bonchev–Trinajstić information content (AvgIpc) is 2.37. The molecule has 0 aromatic carbocycles. The Morgan fingerprint density at radius 1 is 1.91 bits per heavy atom. The zero-order valence-corrected chi connectivity index (χ0v) is 6.68. The second-order valence-electron chi connectivity index (χ2n) is 1.44. The van der Waals surface area contributed by atoms with Gasteiger partial charge in [-0.2, -0.15) is 4.99 Å². The number of nitro groups is 1. The Morgan fingerprint density at radius 3 is 3.09 bits per heavy atom. The summed E-state index contributed by atoms with van der Waals surface area (Å²) in [7, 11) is 0. The van der Waals surface area contributed by atoms with E-state index in [0.717, 1.165) is 17.5 Å². The van der Waals surface area contributed by atoms with Gasteiger partial charge in [0.1, 0.15) is 6.20 Å². The Balaban J connectivity index is 2.99. The molecule has 0 unspecified atom stereocenters. The van der Waals surface area contributed by atoms with Crippen LogP contribution in [0, 0.1) is 10.1 Å². The smallest absolute Gasteiger partial charge is 0.257 e. The Hall–Kier alpha value is -1.17. The van der Waals surface area contributed by atoms with Gasteiger partial charge >= 0.3 is 5.00 Å². The minimum atomic E-state index is -0.528. The van der Waals surface area contributed by atoms with Crippen molar-refractivity contribution in [3.05, 3.63) is 16.3 Å². The van der Waals surface area contributed by atoms with Crippen molar-refractivity contribution in [2.75, 3.05) is 0 Å². The molecule has 0 aliphatic rings. The molecule has 0 atom stereocenters. The first-order valence-corrected chi connectivity index (χ1v) is 3.64. The molecule has 11 heavy (non-hydrogen) atoms. The summed E-state index contributed by atoms with van der Waals surface area (Å²) in [6.45, 7) is 0. The third-order valence-corrected chi connectivity index (χ3v) is 1.74. The van der Waals surface area contributed by atoms with Crippen LogP contribution in [0.25, 0.3) is 0 Å². The minimum absolute atomic E-state index is 0.0472. The lowest BCUT2D eigenvalue weighted by Crippen LogP contribution is -1.80. The van der Waals surface area contributed by atoms with Crippen LogP contribution in [-0.4, -0.2) is 15.1 Å². The number of aromatic nitrogens is 1. The van der Waals surface area contributed by atoms with E-state index in [2.05, 4.69) is 27.4 Å². The molecular weight excluding hydrogens is 186 g/mol. The molecule has 56 valence electrons. The van der Waals surface area contributed by atoms with Crippen LogP contribution in [-0.2, 0) is 0 Å². The molecule has 1 heterocycles. The van der Waals surface area contributed by atoms with Crippen molar-refractivity contribution < 1.29 is 4.92 Å². The fourth-order valence-corrected chi connectivity index (χ4v) is 1.14. The molecular formula is C4HN3O2S2. The number of hydrogen-bond donors (Lipinski definition) is 0. The summed E-state index contributed by atoms with van der Waals surface area (Å²) in [5.74, 6) is 0. The lowest BCUT2D eigenvalue weighted by Gasteiger charge is -1.76. The van der Waals surface area contributed by atoms with Gasteiger partial charge in [0.15, 0.2) is 0 Å². The van der Waals surface area contributed by atoms with Crippen LogP contribution < -0.4 is 0 Å². The molecule has 1 aromatic rings. The lowest BCUT2D eigenvalue weighted by atomic mass is 10.9. The molecule has 0 aliphatic heterocycles. The van der Waals surface area contributed by atoms with Crippen LogP contribution in [0.15, 0.2) is 11.2 Å². The molecule has 0 bridgehead atoms. The molecule has 0 saturated carbocycles. The van der Waals surface area contributed by atoms with Crippen molar-refractivity contribution >= 4 is 38.8 Å². The van der Waals surface area contributed by atoms with Gasteiger partial charge in [-0.05, 0) is 23.6 Å². The number of hydrogen-bond acceptors (Lipinski definition) is 6. The largest absolute Gasteiger partial charge is 0.345 e. The van der Waals surface area contributed by atoms with Gasteiger partial charge in [0.2, 0.25) is 5.13 Å². The maximum absolute atomic E-state index is 10.1. The Bertz CT molecular complexity index is 311.